The van der Waals surface area contributed by atoms with Gasteiger partial charge in [-0.05, 0) is 6.92 Å². The third-order valence-corrected chi connectivity index (χ3v) is 0.856. The van der Waals surface area contributed by atoms with Crippen LogP contribution in [0.5, 0.6) is 0 Å². The van der Waals surface area contributed by atoms with E-state index in [0.29, 0.717) is 0 Å². The van der Waals surface area contributed by atoms with Crippen molar-refractivity contribution >= 4 is 17.7 Å². The molecule has 2 nitrogen and oxygen atoms in total. The first-order valence-corrected chi connectivity index (χ1v) is 3.19. The second-order valence-electron chi connectivity index (χ2n) is 2.04. The van der Waals surface area contributed by atoms with Gasteiger partial charge in [-0.1, -0.05) is 12.2 Å². The summed E-state index contributed by atoms with van der Waals surface area (Å²) in [5.41, 5.74) is 2.55. The zero-order valence-electron chi connectivity index (χ0n) is 6.01. The maximum Gasteiger partial charge on any atom is 0.0656 e. The molecule has 0 aliphatic rings. The zero-order valence-corrected chi connectivity index (χ0v) is 6.83. The Labute approximate surface area is 61.5 Å². The van der Waals surface area contributed by atoms with Crippen LogP contribution in [0, 0.1) is 0 Å². The second-order valence-corrected chi connectivity index (χ2v) is 2.27. The molecule has 0 heterocycles. The molecule has 1 N–H and O–H groups in total. The maximum absolute atomic E-state index is 4.59. The van der Waals surface area contributed by atoms with E-state index in [0.717, 1.165) is 5.70 Å². The number of hydrogen-bond donors (Lipinski definition) is 1. The van der Waals surface area contributed by atoms with Crippen LogP contribution in [0.4, 0.5) is 0 Å². The quantitative estimate of drug-likeness (QED) is 0.594. The molecule has 0 saturated carbocycles. The van der Waals surface area contributed by atoms with Crippen LogP contribution in [0.3, 0.4) is 0 Å². The van der Waals surface area contributed by atoms with Crippen molar-refractivity contribution in [1.82, 2.24) is 10.2 Å². The summed E-state index contributed by atoms with van der Waals surface area (Å²) in [4.78, 5) is 1.96. The second kappa shape index (κ2) is 4.32. The number of nitrogens with zero attached hydrogens (tertiary/aromatic N) is 1. The predicted molar refractivity (Wildman–Crippen MR) is 44.2 cm³/mol. The third-order valence-electron chi connectivity index (χ3n) is 0.738. The highest BCUT2D eigenvalue weighted by Crippen LogP contribution is 1.85. The van der Waals surface area contributed by atoms with Gasteiger partial charge in [0.1, 0.15) is 0 Å². The minimum Gasteiger partial charge on any atom is -0.382 e. The molecule has 0 aromatic carbocycles. The summed E-state index contributed by atoms with van der Waals surface area (Å²) < 4.78 is 0. The molecule has 0 aliphatic carbocycles. The number of thiocarbonyl (C=S) groups is 1. The van der Waals surface area contributed by atoms with Crippen LogP contribution < -0.4 is 5.32 Å². The van der Waals surface area contributed by atoms with Gasteiger partial charge in [-0.3, -0.25) is 0 Å². The molecule has 0 aliphatic heterocycles. The van der Waals surface area contributed by atoms with Gasteiger partial charge in [0.15, 0.2) is 0 Å². The van der Waals surface area contributed by atoms with Crippen LogP contribution in [-0.2, 0) is 0 Å². The summed E-state index contributed by atoms with van der Waals surface area (Å²) in [6.45, 7) is 1.96. The molecular weight excluding hydrogens is 132 g/mol. The molecule has 3 heteroatoms. The predicted octanol–water partition coefficient (Wildman–Crippen LogP) is 0.956. The lowest BCUT2D eigenvalue weighted by Crippen LogP contribution is -2.11. The summed E-state index contributed by atoms with van der Waals surface area (Å²) in [5, 5.41) is 2.89. The number of nitrogens with one attached hydrogen (secondary N) is 1. The minimum atomic E-state index is 1.05. The summed E-state index contributed by atoms with van der Waals surface area (Å²) in [7, 11) is 3.93. The Hall–Kier alpha value is -0.570. The molecule has 0 fully saturated rings. The van der Waals surface area contributed by atoms with Gasteiger partial charge in [0.05, 0.1) is 5.49 Å². The lowest BCUT2D eigenvalue weighted by molar-refractivity contribution is 0.555. The lowest BCUT2D eigenvalue weighted by Gasteiger charge is -2.06. The van der Waals surface area contributed by atoms with Crippen molar-refractivity contribution in [2.24, 2.45) is 0 Å². The average Bonchev–Trinajstić information content (AvgIpc) is 1.63. The summed E-state index contributed by atoms with van der Waals surface area (Å²) >= 11 is 4.59. The molecule has 0 bridgehead atoms. The van der Waals surface area contributed by atoms with E-state index in [-0.39, 0.29) is 0 Å². The van der Waals surface area contributed by atoms with Gasteiger partial charge >= 0.3 is 0 Å². The minimum absolute atomic E-state index is 1.05. The summed E-state index contributed by atoms with van der Waals surface area (Å²) in [5.74, 6) is 0. The first-order valence-electron chi connectivity index (χ1n) is 2.72. The average molecular weight is 144 g/mol. The summed E-state index contributed by atoms with van der Waals surface area (Å²) in [6, 6.07) is 0. The van der Waals surface area contributed by atoms with E-state index in [1.165, 1.54) is 5.49 Å². The van der Waals surface area contributed by atoms with Crippen molar-refractivity contribution in [1.29, 1.82) is 0 Å². The SMILES string of the molecule is C/C(=C/N(C)C)NC=S. The fraction of sp³-hybridized carbons (Fsp3) is 0.500. The number of rotatable bonds is 3. The van der Waals surface area contributed by atoms with Crippen molar-refractivity contribution in [2.75, 3.05) is 14.1 Å². The molecule has 0 atom stereocenters. The molecule has 0 aromatic heterocycles. The Balaban J connectivity index is 3.68. The highest BCUT2D eigenvalue weighted by Gasteiger charge is 1.82. The normalized spacial score (nSPS) is 10.8. The first kappa shape index (κ1) is 8.43. The van der Waals surface area contributed by atoms with Gasteiger partial charge in [-0.25, -0.2) is 0 Å². The monoisotopic (exact) mass is 144 g/mol. The van der Waals surface area contributed by atoms with E-state index in [1.807, 2.05) is 32.1 Å². The topological polar surface area (TPSA) is 15.3 Å². The van der Waals surface area contributed by atoms with E-state index in [4.69, 9.17) is 0 Å². The fourth-order valence-corrected chi connectivity index (χ4v) is 0.703. The molecule has 0 spiro atoms. The Morgan fingerprint density at radius 2 is 2.11 bits per heavy atom. The molecule has 0 amide bonds. The van der Waals surface area contributed by atoms with Crippen LogP contribution in [0.2, 0.25) is 0 Å². The van der Waals surface area contributed by atoms with E-state index < -0.39 is 0 Å². The van der Waals surface area contributed by atoms with Crippen molar-refractivity contribution in [3.63, 3.8) is 0 Å². The van der Waals surface area contributed by atoms with Crippen molar-refractivity contribution in [3.8, 4) is 0 Å². The molecule has 0 saturated heterocycles. The van der Waals surface area contributed by atoms with Gasteiger partial charge in [0.25, 0.3) is 0 Å². The van der Waals surface area contributed by atoms with Gasteiger partial charge in [-0.2, -0.15) is 0 Å². The largest absolute Gasteiger partial charge is 0.382 e. The Morgan fingerprint density at radius 3 is 2.44 bits per heavy atom. The van der Waals surface area contributed by atoms with E-state index in [2.05, 4.69) is 17.5 Å². The van der Waals surface area contributed by atoms with E-state index >= 15 is 0 Å². The molecule has 0 rings (SSSR count). The molecule has 0 radical (unpaired) electrons. The molecule has 0 aromatic rings. The van der Waals surface area contributed by atoms with Gasteiger partial charge in [0.2, 0.25) is 0 Å². The third kappa shape index (κ3) is 5.30. The number of allylic oxidation sites excluding steroid dienone is 1. The maximum atomic E-state index is 4.59. The molecular formula is C6H12N2S. The van der Waals surface area contributed by atoms with Crippen LogP contribution in [0.25, 0.3) is 0 Å². The summed E-state index contributed by atoms with van der Waals surface area (Å²) in [6.07, 6.45) is 1.96. The highest BCUT2D eigenvalue weighted by molar-refractivity contribution is 7.78. The first-order chi connectivity index (χ1) is 4.16. The van der Waals surface area contributed by atoms with Crippen LogP contribution in [0.1, 0.15) is 6.92 Å². The van der Waals surface area contributed by atoms with E-state index in [1.54, 1.807) is 0 Å². The Bertz CT molecular complexity index is 118. The molecule has 9 heavy (non-hydrogen) atoms. The van der Waals surface area contributed by atoms with Crippen molar-refractivity contribution < 1.29 is 0 Å². The van der Waals surface area contributed by atoms with Crippen molar-refractivity contribution in [3.05, 3.63) is 11.9 Å². The van der Waals surface area contributed by atoms with Crippen LogP contribution in [0.15, 0.2) is 11.9 Å². The molecule has 0 unspecified atom stereocenters. The Morgan fingerprint density at radius 1 is 1.56 bits per heavy atom. The van der Waals surface area contributed by atoms with Gasteiger partial charge < -0.3 is 10.2 Å². The van der Waals surface area contributed by atoms with Crippen LogP contribution >= 0.6 is 12.2 Å². The number of hydrogen-bond acceptors (Lipinski definition) is 2. The highest BCUT2D eigenvalue weighted by atomic mass is 32.1. The van der Waals surface area contributed by atoms with E-state index in [9.17, 15) is 0 Å². The van der Waals surface area contributed by atoms with Crippen molar-refractivity contribution in [2.45, 2.75) is 6.92 Å². The lowest BCUT2D eigenvalue weighted by atomic mass is 10.5. The van der Waals surface area contributed by atoms with Crippen LogP contribution in [-0.4, -0.2) is 24.5 Å². The molecule has 52 valence electrons. The zero-order chi connectivity index (χ0) is 7.28. The Kier molecular flexibility index (Phi) is 4.05. The smallest absolute Gasteiger partial charge is 0.0656 e. The van der Waals surface area contributed by atoms with Gasteiger partial charge in [-0.15, -0.1) is 0 Å². The standard InChI is InChI=1S/C6H12N2S/c1-6(7-5-9)4-8(2)3/h4-5H,1-3H3,(H,7,9)/b6-4-. The van der Waals surface area contributed by atoms with Gasteiger partial charge in [0, 0.05) is 26.0 Å². The fourth-order valence-electron chi connectivity index (χ4n) is 0.518.